The first-order valence-corrected chi connectivity index (χ1v) is 7.07. The molecule has 2 heteroatoms. The van der Waals surface area contributed by atoms with Crippen molar-refractivity contribution in [3.63, 3.8) is 0 Å². The van der Waals surface area contributed by atoms with Crippen LogP contribution < -0.4 is 0 Å². The van der Waals surface area contributed by atoms with Crippen LogP contribution in [-0.4, -0.2) is 14.2 Å². The molecule has 0 N–H and O–H groups in total. The van der Waals surface area contributed by atoms with Gasteiger partial charge in [-0.05, 0) is 69.5 Å². The second-order valence-corrected chi connectivity index (χ2v) is 5.77. The third-order valence-electron chi connectivity index (χ3n) is 4.29. The molecule has 0 amide bonds. The number of methoxy groups -OCH3 is 2. The van der Waals surface area contributed by atoms with Crippen LogP contribution in [0.1, 0.15) is 33.4 Å². The topological polar surface area (TPSA) is 18.5 Å². The summed E-state index contributed by atoms with van der Waals surface area (Å²) in [4.78, 5) is 0. The Kier molecular flexibility index (Phi) is 2.69. The zero-order valence-electron chi connectivity index (χ0n) is 12.0. The van der Waals surface area contributed by atoms with Crippen molar-refractivity contribution in [3.8, 4) is 11.1 Å². The van der Waals surface area contributed by atoms with Gasteiger partial charge in [0.15, 0.2) is 0 Å². The number of hydrogen-bond acceptors (Lipinski definition) is 2. The largest absolute Gasteiger partial charge is 0.380 e. The molecule has 0 saturated heterocycles. The first-order chi connectivity index (χ1) is 9.80. The van der Waals surface area contributed by atoms with E-state index in [4.69, 9.17) is 9.47 Å². The fraction of sp³-hybridized carbons (Fsp3) is 0.333. The van der Waals surface area contributed by atoms with E-state index < -0.39 is 0 Å². The van der Waals surface area contributed by atoms with Crippen molar-refractivity contribution in [1.29, 1.82) is 0 Å². The van der Waals surface area contributed by atoms with E-state index in [0.29, 0.717) is 13.2 Å². The molecule has 102 valence electrons. The highest BCUT2D eigenvalue weighted by atomic mass is 16.5. The molecule has 0 radical (unpaired) electrons. The summed E-state index contributed by atoms with van der Waals surface area (Å²) in [5, 5.41) is 0. The van der Waals surface area contributed by atoms with Gasteiger partial charge in [0.1, 0.15) is 0 Å². The summed E-state index contributed by atoms with van der Waals surface area (Å²) < 4.78 is 10.6. The van der Waals surface area contributed by atoms with Gasteiger partial charge in [-0.2, -0.15) is 0 Å². The minimum atomic E-state index is 0.714. The Morgan fingerprint density at radius 1 is 0.750 bits per heavy atom. The Morgan fingerprint density at radius 2 is 1.20 bits per heavy atom. The standard InChI is InChI=1S/C18H18O2/c1-19-9-15-5-11(3-13-7-17(13)15)12-4-14-8-18(14)16(6-12)10-20-2/h3-6H,7-10H2,1-2H3. The van der Waals surface area contributed by atoms with Crippen molar-refractivity contribution in [2.45, 2.75) is 26.1 Å². The molecule has 2 aliphatic carbocycles. The summed E-state index contributed by atoms with van der Waals surface area (Å²) in [6.45, 7) is 1.43. The zero-order chi connectivity index (χ0) is 13.7. The van der Waals surface area contributed by atoms with Crippen molar-refractivity contribution in [3.05, 3.63) is 57.6 Å². The van der Waals surface area contributed by atoms with Crippen LogP contribution in [-0.2, 0) is 35.5 Å². The molecule has 0 saturated carbocycles. The van der Waals surface area contributed by atoms with Crippen molar-refractivity contribution in [1.82, 2.24) is 0 Å². The highest BCUT2D eigenvalue weighted by Crippen LogP contribution is 2.40. The SMILES string of the molecule is COCc1cc(-c2cc(COC)c3c(c2)C3)cc2c1C2. The zero-order valence-corrected chi connectivity index (χ0v) is 12.0. The van der Waals surface area contributed by atoms with Crippen LogP contribution in [0.5, 0.6) is 0 Å². The Labute approximate surface area is 119 Å². The van der Waals surface area contributed by atoms with Gasteiger partial charge in [0.05, 0.1) is 13.2 Å². The van der Waals surface area contributed by atoms with Gasteiger partial charge in [-0.3, -0.25) is 0 Å². The molecule has 0 atom stereocenters. The number of ether oxygens (including phenoxy) is 2. The molecule has 2 nitrogen and oxygen atoms in total. The lowest BCUT2D eigenvalue weighted by molar-refractivity contribution is 0.184. The fourth-order valence-electron chi connectivity index (χ4n) is 3.12. The summed E-state index contributed by atoms with van der Waals surface area (Å²) in [7, 11) is 3.53. The van der Waals surface area contributed by atoms with Gasteiger partial charge >= 0.3 is 0 Å². The van der Waals surface area contributed by atoms with Gasteiger partial charge in [0, 0.05) is 14.2 Å². The Bertz CT molecular complexity index is 640. The Hall–Kier alpha value is -1.64. The molecule has 0 bridgehead atoms. The second kappa shape index (κ2) is 4.44. The van der Waals surface area contributed by atoms with Gasteiger partial charge in [0.2, 0.25) is 0 Å². The third-order valence-corrected chi connectivity index (χ3v) is 4.29. The molecular weight excluding hydrogens is 248 g/mol. The molecule has 2 aromatic carbocycles. The number of hydrogen-bond donors (Lipinski definition) is 0. The summed E-state index contributed by atoms with van der Waals surface area (Å²) in [5.41, 5.74) is 11.3. The molecular formula is C18H18O2. The van der Waals surface area contributed by atoms with E-state index in [1.807, 2.05) is 0 Å². The number of fused-ring (bicyclic) bond motifs is 2. The first-order valence-electron chi connectivity index (χ1n) is 7.07. The molecule has 0 fully saturated rings. The molecule has 0 aromatic heterocycles. The molecule has 2 aliphatic rings. The van der Waals surface area contributed by atoms with Gasteiger partial charge in [-0.15, -0.1) is 0 Å². The summed E-state index contributed by atoms with van der Waals surface area (Å²) in [5.74, 6) is 0. The molecule has 20 heavy (non-hydrogen) atoms. The van der Waals surface area contributed by atoms with Gasteiger partial charge < -0.3 is 9.47 Å². The molecule has 0 heterocycles. The quantitative estimate of drug-likeness (QED) is 0.551. The van der Waals surface area contributed by atoms with E-state index in [1.54, 1.807) is 14.2 Å². The van der Waals surface area contributed by atoms with Crippen LogP contribution in [0.2, 0.25) is 0 Å². The van der Waals surface area contributed by atoms with E-state index in [1.165, 1.54) is 44.5 Å². The van der Waals surface area contributed by atoms with Crippen LogP contribution in [0.25, 0.3) is 11.1 Å². The fourth-order valence-corrected chi connectivity index (χ4v) is 3.12. The highest BCUT2D eigenvalue weighted by molar-refractivity contribution is 5.73. The van der Waals surface area contributed by atoms with Crippen LogP contribution in [0.15, 0.2) is 24.3 Å². The molecule has 0 spiro atoms. The lowest BCUT2D eigenvalue weighted by atomic mass is 10.0. The van der Waals surface area contributed by atoms with E-state index >= 15 is 0 Å². The smallest absolute Gasteiger partial charge is 0.0716 e. The van der Waals surface area contributed by atoms with Crippen LogP contribution >= 0.6 is 0 Å². The number of rotatable bonds is 5. The normalized spacial score (nSPS) is 13.9. The maximum absolute atomic E-state index is 5.31. The summed E-state index contributed by atoms with van der Waals surface area (Å²) >= 11 is 0. The highest BCUT2D eigenvalue weighted by Gasteiger charge is 2.25. The molecule has 0 aliphatic heterocycles. The second-order valence-electron chi connectivity index (χ2n) is 5.77. The van der Waals surface area contributed by atoms with E-state index in [2.05, 4.69) is 24.3 Å². The van der Waals surface area contributed by atoms with Gasteiger partial charge in [-0.1, -0.05) is 12.1 Å². The summed E-state index contributed by atoms with van der Waals surface area (Å²) in [6.07, 6.45) is 2.27. The minimum Gasteiger partial charge on any atom is -0.380 e. The third kappa shape index (κ3) is 1.96. The van der Waals surface area contributed by atoms with Crippen molar-refractivity contribution >= 4 is 0 Å². The molecule has 0 unspecified atom stereocenters. The van der Waals surface area contributed by atoms with Gasteiger partial charge in [-0.25, -0.2) is 0 Å². The van der Waals surface area contributed by atoms with Crippen molar-refractivity contribution in [2.24, 2.45) is 0 Å². The summed E-state index contributed by atoms with van der Waals surface area (Å²) in [6, 6.07) is 9.23. The lowest BCUT2D eigenvalue weighted by Gasteiger charge is -2.07. The number of benzene rings is 2. The predicted octanol–water partition coefficient (Wildman–Crippen LogP) is 3.45. The van der Waals surface area contributed by atoms with E-state index in [9.17, 15) is 0 Å². The van der Waals surface area contributed by atoms with E-state index in [-0.39, 0.29) is 0 Å². The Morgan fingerprint density at radius 3 is 1.60 bits per heavy atom. The lowest BCUT2D eigenvalue weighted by Crippen LogP contribution is -1.90. The van der Waals surface area contributed by atoms with Gasteiger partial charge in [0.25, 0.3) is 0 Å². The van der Waals surface area contributed by atoms with Crippen molar-refractivity contribution in [2.75, 3.05) is 14.2 Å². The van der Waals surface area contributed by atoms with Crippen LogP contribution in [0.4, 0.5) is 0 Å². The van der Waals surface area contributed by atoms with Crippen molar-refractivity contribution < 1.29 is 9.47 Å². The monoisotopic (exact) mass is 266 g/mol. The predicted molar refractivity (Wildman–Crippen MR) is 78.9 cm³/mol. The maximum atomic E-state index is 5.31. The Balaban J connectivity index is 1.75. The first kappa shape index (κ1) is 12.1. The van der Waals surface area contributed by atoms with Crippen LogP contribution in [0, 0.1) is 0 Å². The van der Waals surface area contributed by atoms with E-state index in [0.717, 1.165) is 12.8 Å². The maximum Gasteiger partial charge on any atom is 0.0716 e. The average Bonchev–Trinajstić information content (AvgIpc) is 3.32. The minimum absolute atomic E-state index is 0.714. The molecule has 4 rings (SSSR count). The van der Waals surface area contributed by atoms with Crippen LogP contribution in [0.3, 0.4) is 0 Å². The molecule has 2 aromatic rings. The average molecular weight is 266 g/mol.